The van der Waals surface area contributed by atoms with Gasteiger partial charge >= 0.3 is 11.9 Å². The summed E-state index contributed by atoms with van der Waals surface area (Å²) in [6.07, 6.45) is 1.07. The first-order valence-corrected chi connectivity index (χ1v) is 7.34. The van der Waals surface area contributed by atoms with E-state index >= 15 is 0 Å². The van der Waals surface area contributed by atoms with Crippen molar-refractivity contribution in [2.75, 3.05) is 50.6 Å². The molecule has 2 N–H and O–H groups in total. The predicted octanol–water partition coefficient (Wildman–Crippen LogP) is 0.738. The van der Waals surface area contributed by atoms with Gasteiger partial charge in [0.1, 0.15) is 5.70 Å². The Kier molecular flexibility index (Phi) is 5.99. The minimum Gasteiger partial charge on any atom is -0.466 e. The van der Waals surface area contributed by atoms with Crippen LogP contribution >= 0.6 is 0 Å². The number of nitrogens with one attached hydrogen (secondary N) is 2. The molecule has 0 radical (unpaired) electrons. The first kappa shape index (κ1) is 16.8. The fourth-order valence-electron chi connectivity index (χ4n) is 2.29. The second-order valence-corrected chi connectivity index (χ2v) is 4.99. The van der Waals surface area contributed by atoms with E-state index in [9.17, 15) is 9.59 Å². The summed E-state index contributed by atoms with van der Waals surface area (Å²) in [7, 11) is 2.50. The number of piperazine rings is 1. The number of benzene rings is 1. The van der Waals surface area contributed by atoms with Crippen LogP contribution in [0, 0.1) is 0 Å². The summed E-state index contributed by atoms with van der Waals surface area (Å²) in [5.41, 5.74) is 1.78. The molecule has 0 bridgehead atoms. The number of anilines is 2. The van der Waals surface area contributed by atoms with E-state index in [-0.39, 0.29) is 5.70 Å². The molecular formula is C16H21N3O4. The highest BCUT2D eigenvalue weighted by atomic mass is 16.5. The lowest BCUT2D eigenvalue weighted by atomic mass is 10.2. The maximum absolute atomic E-state index is 11.8. The van der Waals surface area contributed by atoms with Gasteiger partial charge in [0, 0.05) is 37.6 Å². The first-order valence-electron chi connectivity index (χ1n) is 7.34. The Balaban J connectivity index is 2.17. The third kappa shape index (κ3) is 4.72. The molecule has 0 aromatic heterocycles. The zero-order chi connectivity index (χ0) is 16.7. The molecule has 0 amide bonds. The topological polar surface area (TPSA) is 79.9 Å². The van der Waals surface area contributed by atoms with Crippen LogP contribution in [0.3, 0.4) is 0 Å². The van der Waals surface area contributed by atoms with E-state index in [4.69, 9.17) is 0 Å². The third-order valence-corrected chi connectivity index (χ3v) is 3.48. The summed E-state index contributed by atoms with van der Waals surface area (Å²) in [5, 5.41) is 6.22. The summed E-state index contributed by atoms with van der Waals surface area (Å²) in [5.74, 6) is -1.26. The van der Waals surface area contributed by atoms with Crippen LogP contribution < -0.4 is 15.5 Å². The molecule has 2 rings (SSSR count). The van der Waals surface area contributed by atoms with Crippen LogP contribution in [-0.2, 0) is 19.1 Å². The summed E-state index contributed by atoms with van der Waals surface area (Å²) >= 11 is 0. The van der Waals surface area contributed by atoms with Crippen LogP contribution in [0.15, 0.2) is 36.0 Å². The van der Waals surface area contributed by atoms with Gasteiger partial charge in [0.2, 0.25) is 0 Å². The van der Waals surface area contributed by atoms with Crippen LogP contribution in [0.25, 0.3) is 0 Å². The Labute approximate surface area is 135 Å². The molecule has 7 heteroatoms. The molecule has 1 fully saturated rings. The van der Waals surface area contributed by atoms with Gasteiger partial charge < -0.3 is 25.0 Å². The van der Waals surface area contributed by atoms with E-state index in [1.807, 2.05) is 24.3 Å². The second kappa shape index (κ2) is 8.19. The molecule has 1 aliphatic heterocycles. The zero-order valence-electron chi connectivity index (χ0n) is 13.3. The van der Waals surface area contributed by atoms with Crippen molar-refractivity contribution in [1.82, 2.24) is 5.32 Å². The number of hydrogen-bond donors (Lipinski definition) is 2. The molecule has 1 heterocycles. The van der Waals surface area contributed by atoms with Crippen LogP contribution in [0.5, 0.6) is 0 Å². The molecule has 1 saturated heterocycles. The Bertz CT molecular complexity index is 595. The van der Waals surface area contributed by atoms with Gasteiger partial charge in [-0.25, -0.2) is 9.59 Å². The summed E-state index contributed by atoms with van der Waals surface area (Å²) in [6, 6.07) is 7.66. The molecule has 0 saturated carbocycles. The minimum atomic E-state index is -0.636. The number of carbonyl (C=O) groups is 2. The average molecular weight is 319 g/mol. The van der Waals surface area contributed by atoms with Gasteiger partial charge in [0.05, 0.1) is 20.3 Å². The molecule has 7 nitrogen and oxygen atoms in total. The summed E-state index contributed by atoms with van der Waals surface area (Å²) in [6.45, 7) is 3.72. The monoisotopic (exact) mass is 319 g/mol. The van der Waals surface area contributed by atoms with Gasteiger partial charge in [-0.2, -0.15) is 0 Å². The van der Waals surface area contributed by atoms with Gasteiger partial charge in [-0.3, -0.25) is 0 Å². The van der Waals surface area contributed by atoms with E-state index in [1.54, 1.807) is 0 Å². The number of carbonyl (C=O) groups excluding carboxylic acids is 2. The first-order chi connectivity index (χ1) is 11.1. The summed E-state index contributed by atoms with van der Waals surface area (Å²) in [4.78, 5) is 25.4. The van der Waals surface area contributed by atoms with E-state index in [0.29, 0.717) is 5.69 Å². The molecule has 0 atom stereocenters. The number of esters is 2. The normalized spacial score (nSPS) is 15.0. The standard InChI is InChI=1S/C16H21N3O4/c1-22-15(20)11-14(16(21)23-2)18-12-4-3-5-13(10-12)19-8-6-17-7-9-19/h3-5,10-11,17-18H,6-9H2,1-2H3/b14-11+. The van der Waals surface area contributed by atoms with Crippen molar-refractivity contribution in [3.8, 4) is 0 Å². The molecule has 0 spiro atoms. The maximum atomic E-state index is 11.8. The Morgan fingerprint density at radius 2 is 1.96 bits per heavy atom. The second-order valence-electron chi connectivity index (χ2n) is 4.99. The molecular weight excluding hydrogens is 298 g/mol. The number of hydrogen-bond acceptors (Lipinski definition) is 7. The molecule has 0 unspecified atom stereocenters. The molecule has 0 aliphatic carbocycles. The Morgan fingerprint density at radius 1 is 1.22 bits per heavy atom. The minimum absolute atomic E-state index is 0.0248. The van der Waals surface area contributed by atoms with Crippen LogP contribution in [0.1, 0.15) is 0 Å². The third-order valence-electron chi connectivity index (χ3n) is 3.48. The van der Waals surface area contributed by atoms with Crippen molar-refractivity contribution in [2.24, 2.45) is 0 Å². The molecule has 1 aromatic carbocycles. The molecule has 1 aliphatic rings. The highest BCUT2D eigenvalue weighted by Crippen LogP contribution is 2.21. The summed E-state index contributed by atoms with van der Waals surface area (Å²) < 4.78 is 9.23. The van der Waals surface area contributed by atoms with Crippen molar-refractivity contribution < 1.29 is 19.1 Å². The van der Waals surface area contributed by atoms with Gasteiger partial charge in [-0.1, -0.05) is 6.07 Å². The van der Waals surface area contributed by atoms with Gasteiger partial charge in [-0.15, -0.1) is 0 Å². The zero-order valence-corrected chi connectivity index (χ0v) is 13.3. The Hall–Kier alpha value is -2.54. The number of rotatable bonds is 5. The van der Waals surface area contributed by atoms with Crippen molar-refractivity contribution in [2.45, 2.75) is 0 Å². The number of ether oxygens (including phenoxy) is 2. The van der Waals surface area contributed by atoms with E-state index in [1.165, 1.54) is 14.2 Å². The van der Waals surface area contributed by atoms with Crippen LogP contribution in [0.2, 0.25) is 0 Å². The average Bonchev–Trinajstić information content (AvgIpc) is 2.61. The number of nitrogens with zero attached hydrogens (tertiary/aromatic N) is 1. The lowest BCUT2D eigenvalue weighted by Gasteiger charge is -2.29. The van der Waals surface area contributed by atoms with Gasteiger partial charge in [-0.05, 0) is 18.2 Å². The quantitative estimate of drug-likeness (QED) is 0.612. The fourth-order valence-corrected chi connectivity index (χ4v) is 2.29. The van der Waals surface area contributed by atoms with Crippen LogP contribution in [-0.4, -0.2) is 52.3 Å². The lowest BCUT2D eigenvalue weighted by molar-refractivity contribution is -0.138. The number of methoxy groups -OCH3 is 2. The van der Waals surface area contributed by atoms with Crippen molar-refractivity contribution in [1.29, 1.82) is 0 Å². The van der Waals surface area contributed by atoms with Gasteiger partial charge in [0.15, 0.2) is 0 Å². The SMILES string of the molecule is COC(=O)/C=C(/Nc1cccc(N2CCNCC2)c1)C(=O)OC. The predicted molar refractivity (Wildman–Crippen MR) is 87.3 cm³/mol. The highest BCUT2D eigenvalue weighted by Gasteiger charge is 2.14. The molecule has 23 heavy (non-hydrogen) atoms. The van der Waals surface area contributed by atoms with Crippen molar-refractivity contribution in [3.05, 3.63) is 36.0 Å². The highest BCUT2D eigenvalue weighted by molar-refractivity contribution is 5.98. The lowest BCUT2D eigenvalue weighted by Crippen LogP contribution is -2.43. The van der Waals surface area contributed by atoms with E-state index in [2.05, 4.69) is 25.0 Å². The maximum Gasteiger partial charge on any atom is 0.354 e. The van der Waals surface area contributed by atoms with Crippen molar-refractivity contribution in [3.63, 3.8) is 0 Å². The smallest absolute Gasteiger partial charge is 0.354 e. The van der Waals surface area contributed by atoms with Crippen molar-refractivity contribution >= 4 is 23.3 Å². The molecule has 124 valence electrons. The van der Waals surface area contributed by atoms with E-state index in [0.717, 1.165) is 37.9 Å². The van der Waals surface area contributed by atoms with E-state index < -0.39 is 11.9 Å². The largest absolute Gasteiger partial charge is 0.466 e. The van der Waals surface area contributed by atoms with Gasteiger partial charge in [0.25, 0.3) is 0 Å². The Morgan fingerprint density at radius 3 is 2.61 bits per heavy atom. The molecule has 1 aromatic rings. The van der Waals surface area contributed by atoms with Crippen LogP contribution in [0.4, 0.5) is 11.4 Å². The fraction of sp³-hybridized carbons (Fsp3) is 0.375.